The van der Waals surface area contributed by atoms with Crippen LogP contribution in [0.5, 0.6) is 0 Å². The Balaban J connectivity index is 1.93. The highest BCUT2D eigenvalue weighted by atomic mass is 19.4. The maximum Gasteiger partial charge on any atom is 0.416 e. The van der Waals surface area contributed by atoms with Crippen LogP contribution in [0.1, 0.15) is 42.2 Å². The van der Waals surface area contributed by atoms with Gasteiger partial charge in [-0.1, -0.05) is 24.6 Å². The number of hydrogen-bond donors (Lipinski definition) is 1. The Bertz CT molecular complexity index is 633. The summed E-state index contributed by atoms with van der Waals surface area (Å²) in [6.45, 7) is 0. The average molecular weight is 307 g/mol. The van der Waals surface area contributed by atoms with E-state index in [-0.39, 0.29) is 0 Å². The van der Waals surface area contributed by atoms with Gasteiger partial charge < -0.3 is 5.11 Å². The summed E-state index contributed by atoms with van der Waals surface area (Å²) in [5, 5.41) is 10.7. The predicted octanol–water partition coefficient (Wildman–Crippen LogP) is 4.26. The van der Waals surface area contributed by atoms with Crippen molar-refractivity contribution in [2.75, 3.05) is 0 Å². The van der Waals surface area contributed by atoms with E-state index in [1.165, 1.54) is 12.1 Å². The third-order valence-corrected chi connectivity index (χ3v) is 4.52. The molecule has 0 aliphatic heterocycles. The standard InChI is InChI=1S/C17H16F3NO/c18-17(19,20)13-7-5-12(6-8-13)16(9-3-10-16)15(22)14-4-1-2-11-21-14/h1-2,4-8,11,15,22H,3,9-10H2. The van der Waals surface area contributed by atoms with Gasteiger partial charge in [0.15, 0.2) is 0 Å². The van der Waals surface area contributed by atoms with Gasteiger partial charge in [0.2, 0.25) is 0 Å². The molecule has 0 radical (unpaired) electrons. The predicted molar refractivity (Wildman–Crippen MR) is 76.2 cm³/mol. The Labute approximate surface area is 126 Å². The van der Waals surface area contributed by atoms with Crippen molar-refractivity contribution in [1.82, 2.24) is 4.98 Å². The topological polar surface area (TPSA) is 33.1 Å². The molecule has 0 amide bonds. The Morgan fingerprint density at radius 3 is 2.18 bits per heavy atom. The summed E-state index contributed by atoms with van der Waals surface area (Å²) in [7, 11) is 0. The minimum absolute atomic E-state index is 0.529. The second kappa shape index (κ2) is 5.39. The lowest BCUT2D eigenvalue weighted by atomic mass is 9.60. The number of hydrogen-bond acceptors (Lipinski definition) is 2. The first kappa shape index (κ1) is 15.0. The van der Waals surface area contributed by atoms with Gasteiger partial charge in [0.25, 0.3) is 0 Å². The fraction of sp³-hybridized carbons (Fsp3) is 0.353. The molecule has 1 unspecified atom stereocenters. The van der Waals surface area contributed by atoms with Gasteiger partial charge in [0.05, 0.1) is 11.3 Å². The van der Waals surface area contributed by atoms with Crippen LogP contribution >= 0.6 is 0 Å². The Hall–Kier alpha value is -1.88. The highest BCUT2D eigenvalue weighted by molar-refractivity contribution is 5.35. The quantitative estimate of drug-likeness (QED) is 0.919. The normalized spacial score (nSPS) is 18.5. The summed E-state index contributed by atoms with van der Waals surface area (Å²) >= 11 is 0. The molecule has 1 aromatic heterocycles. The lowest BCUT2D eigenvalue weighted by molar-refractivity contribution is -0.137. The smallest absolute Gasteiger partial charge is 0.386 e. The molecule has 1 aromatic carbocycles. The highest BCUT2D eigenvalue weighted by Gasteiger charge is 2.46. The number of aromatic nitrogens is 1. The van der Waals surface area contributed by atoms with E-state index in [0.29, 0.717) is 5.69 Å². The molecule has 1 saturated carbocycles. The molecule has 1 aliphatic rings. The average Bonchev–Trinajstić information content (AvgIpc) is 2.46. The first-order chi connectivity index (χ1) is 10.4. The van der Waals surface area contributed by atoms with Crippen LogP contribution in [0.4, 0.5) is 13.2 Å². The molecule has 116 valence electrons. The van der Waals surface area contributed by atoms with Gasteiger partial charge in [-0.05, 0) is 42.7 Å². The summed E-state index contributed by atoms with van der Waals surface area (Å²) in [5.41, 5.74) is 0.100. The van der Waals surface area contributed by atoms with Gasteiger partial charge in [-0.3, -0.25) is 4.98 Å². The van der Waals surface area contributed by atoms with Crippen molar-refractivity contribution in [3.8, 4) is 0 Å². The molecule has 0 saturated heterocycles. The van der Waals surface area contributed by atoms with Crippen LogP contribution in [-0.4, -0.2) is 10.1 Å². The molecular formula is C17H16F3NO. The highest BCUT2D eigenvalue weighted by Crippen LogP contribution is 2.52. The van der Waals surface area contributed by atoms with Gasteiger partial charge in [-0.15, -0.1) is 0 Å². The van der Waals surface area contributed by atoms with Gasteiger partial charge in [0.1, 0.15) is 6.10 Å². The zero-order valence-corrected chi connectivity index (χ0v) is 11.8. The number of benzene rings is 1. The molecule has 1 atom stereocenters. The van der Waals surface area contributed by atoms with Crippen molar-refractivity contribution in [3.05, 3.63) is 65.5 Å². The molecule has 0 bridgehead atoms. The molecule has 5 heteroatoms. The maximum atomic E-state index is 12.7. The number of nitrogens with zero attached hydrogens (tertiary/aromatic N) is 1. The molecule has 1 N–H and O–H groups in total. The van der Waals surface area contributed by atoms with E-state index in [4.69, 9.17) is 0 Å². The molecule has 22 heavy (non-hydrogen) atoms. The van der Waals surface area contributed by atoms with Gasteiger partial charge in [0, 0.05) is 11.6 Å². The molecule has 1 fully saturated rings. The van der Waals surface area contributed by atoms with E-state index >= 15 is 0 Å². The lowest BCUT2D eigenvalue weighted by Gasteiger charge is -2.46. The van der Waals surface area contributed by atoms with E-state index in [9.17, 15) is 18.3 Å². The lowest BCUT2D eigenvalue weighted by Crippen LogP contribution is -2.40. The number of pyridine rings is 1. The van der Waals surface area contributed by atoms with E-state index < -0.39 is 23.3 Å². The zero-order valence-electron chi connectivity index (χ0n) is 11.8. The fourth-order valence-corrected chi connectivity index (χ4v) is 3.09. The summed E-state index contributed by atoms with van der Waals surface area (Å²) in [6, 6.07) is 10.4. The molecule has 2 nitrogen and oxygen atoms in total. The maximum absolute atomic E-state index is 12.7. The van der Waals surface area contributed by atoms with Crippen LogP contribution in [0.2, 0.25) is 0 Å². The van der Waals surface area contributed by atoms with Crippen molar-refractivity contribution in [2.24, 2.45) is 0 Å². The molecule has 0 spiro atoms. The number of halogens is 3. The largest absolute Gasteiger partial charge is 0.416 e. The fourth-order valence-electron chi connectivity index (χ4n) is 3.09. The Morgan fingerprint density at radius 2 is 1.73 bits per heavy atom. The summed E-state index contributed by atoms with van der Waals surface area (Å²) < 4.78 is 38.0. The number of alkyl halides is 3. The zero-order chi connectivity index (χ0) is 15.8. The summed E-state index contributed by atoms with van der Waals surface area (Å²) in [5.74, 6) is 0. The van der Waals surface area contributed by atoms with Crippen molar-refractivity contribution in [2.45, 2.75) is 37.0 Å². The van der Waals surface area contributed by atoms with Crippen molar-refractivity contribution in [3.63, 3.8) is 0 Å². The molecule has 2 aromatic rings. The van der Waals surface area contributed by atoms with Crippen LogP contribution in [-0.2, 0) is 11.6 Å². The molecular weight excluding hydrogens is 291 g/mol. The van der Waals surface area contributed by atoms with Crippen molar-refractivity contribution >= 4 is 0 Å². The first-order valence-electron chi connectivity index (χ1n) is 7.20. The van der Waals surface area contributed by atoms with Gasteiger partial charge in [-0.25, -0.2) is 0 Å². The van der Waals surface area contributed by atoms with Gasteiger partial charge in [-0.2, -0.15) is 13.2 Å². The van der Waals surface area contributed by atoms with Crippen LogP contribution in [0.3, 0.4) is 0 Å². The van der Waals surface area contributed by atoms with Crippen LogP contribution < -0.4 is 0 Å². The van der Waals surface area contributed by atoms with Crippen LogP contribution in [0, 0.1) is 0 Å². The van der Waals surface area contributed by atoms with Gasteiger partial charge >= 0.3 is 6.18 Å². The van der Waals surface area contributed by atoms with Crippen LogP contribution in [0.15, 0.2) is 48.7 Å². The Morgan fingerprint density at radius 1 is 1.05 bits per heavy atom. The van der Waals surface area contributed by atoms with E-state index in [1.807, 2.05) is 0 Å². The Kier molecular flexibility index (Phi) is 3.68. The van der Waals surface area contributed by atoms with Crippen LogP contribution in [0.25, 0.3) is 0 Å². The molecule has 1 aliphatic carbocycles. The second-order valence-electron chi connectivity index (χ2n) is 5.74. The minimum Gasteiger partial charge on any atom is -0.386 e. The third-order valence-electron chi connectivity index (χ3n) is 4.52. The van der Waals surface area contributed by atoms with Crippen molar-refractivity contribution < 1.29 is 18.3 Å². The van der Waals surface area contributed by atoms with Crippen molar-refractivity contribution in [1.29, 1.82) is 0 Å². The van der Waals surface area contributed by atoms with E-state index in [0.717, 1.165) is 37.0 Å². The summed E-state index contributed by atoms with van der Waals surface area (Å²) in [4.78, 5) is 4.18. The first-order valence-corrected chi connectivity index (χ1v) is 7.20. The summed E-state index contributed by atoms with van der Waals surface area (Å²) in [6.07, 6.45) is -1.10. The number of rotatable bonds is 3. The third kappa shape index (κ3) is 2.50. The number of aliphatic hydroxyl groups excluding tert-OH is 1. The monoisotopic (exact) mass is 307 g/mol. The SMILES string of the molecule is OC(c1ccccn1)C1(c2ccc(C(F)(F)F)cc2)CCC1. The number of aliphatic hydroxyl groups is 1. The van der Waals surface area contributed by atoms with E-state index in [2.05, 4.69) is 4.98 Å². The molecule has 1 heterocycles. The second-order valence-corrected chi connectivity index (χ2v) is 5.74. The molecule has 3 rings (SSSR count). The van der Waals surface area contributed by atoms with E-state index in [1.54, 1.807) is 24.4 Å². The minimum atomic E-state index is -4.34.